The van der Waals surface area contributed by atoms with Crippen molar-refractivity contribution in [1.82, 2.24) is 25.0 Å². The summed E-state index contributed by atoms with van der Waals surface area (Å²) in [5.74, 6) is -1.53. The number of alkyl halides is 2. The summed E-state index contributed by atoms with van der Waals surface area (Å²) in [5, 5.41) is 2.92. The SMILES string of the molecule is C[n+]1[nH]c(C(F)F)nc1C(=O)N1CCc2[nH]cnc2[C@H]1c1cc2cccc(F)c2o1. The van der Waals surface area contributed by atoms with Crippen molar-refractivity contribution in [3.8, 4) is 0 Å². The summed E-state index contributed by atoms with van der Waals surface area (Å²) in [7, 11) is 1.43. The lowest BCUT2D eigenvalue weighted by molar-refractivity contribution is -0.730. The molecule has 3 aromatic heterocycles. The molecule has 0 radical (unpaired) electrons. The van der Waals surface area contributed by atoms with Gasteiger partial charge < -0.3 is 14.3 Å². The van der Waals surface area contributed by atoms with Gasteiger partial charge in [0.05, 0.1) is 12.0 Å². The van der Waals surface area contributed by atoms with E-state index < -0.39 is 30.0 Å². The molecular weight excluding hydrogens is 401 g/mol. The summed E-state index contributed by atoms with van der Waals surface area (Å²) >= 11 is 0. The molecule has 0 unspecified atom stereocenters. The maximum absolute atomic E-state index is 14.2. The van der Waals surface area contributed by atoms with Crippen LogP contribution in [0, 0.1) is 5.82 Å². The standard InChI is InChI=1S/C19H15F3N6O2/c1-27-18(25-17(26-27)16(21)22)19(29)28-6-5-11-13(24-8-23-11)14(28)12-7-9-3-2-4-10(20)15(9)30-12/h2-4,7-8,14,16H,5-6H2,1H3,(H,23,24)/p+1/t14-/m1/s1. The van der Waals surface area contributed by atoms with Crippen molar-refractivity contribution in [2.24, 2.45) is 7.05 Å². The number of nitrogens with zero attached hydrogens (tertiary/aromatic N) is 4. The summed E-state index contributed by atoms with van der Waals surface area (Å²) in [6, 6.07) is 5.45. The number of aryl methyl sites for hydroxylation is 1. The molecule has 1 atom stereocenters. The number of carbonyl (C=O) groups excluding carboxylic acids is 1. The normalized spacial score (nSPS) is 16.4. The number of halogens is 3. The number of rotatable bonds is 3. The first-order valence-corrected chi connectivity index (χ1v) is 9.19. The number of aromatic nitrogens is 5. The molecule has 0 saturated heterocycles. The van der Waals surface area contributed by atoms with Gasteiger partial charge in [-0.3, -0.25) is 4.79 Å². The van der Waals surface area contributed by atoms with Crippen molar-refractivity contribution in [2.75, 3.05) is 6.54 Å². The number of benzene rings is 1. The number of hydrogen-bond acceptors (Lipinski definition) is 4. The molecule has 1 aliphatic rings. The van der Waals surface area contributed by atoms with Gasteiger partial charge in [-0.25, -0.2) is 9.37 Å². The molecule has 30 heavy (non-hydrogen) atoms. The third-order valence-corrected chi connectivity index (χ3v) is 5.19. The minimum atomic E-state index is -2.84. The topological polar surface area (TPSA) is 94.7 Å². The van der Waals surface area contributed by atoms with E-state index in [0.717, 1.165) is 10.4 Å². The highest BCUT2D eigenvalue weighted by Gasteiger charge is 2.41. The number of carbonyl (C=O) groups is 1. The Labute approximate surface area is 167 Å². The Morgan fingerprint density at radius 2 is 2.23 bits per heavy atom. The number of para-hydroxylation sites is 1. The molecule has 4 aromatic rings. The number of amides is 1. The van der Waals surface area contributed by atoms with Crippen molar-refractivity contribution in [3.05, 3.63) is 65.2 Å². The third-order valence-electron chi connectivity index (χ3n) is 5.19. The van der Waals surface area contributed by atoms with E-state index in [1.165, 1.54) is 24.3 Å². The quantitative estimate of drug-likeness (QED) is 0.501. The summed E-state index contributed by atoms with van der Waals surface area (Å²) in [6.07, 6.45) is -0.841. The van der Waals surface area contributed by atoms with Crippen LogP contribution in [0.4, 0.5) is 13.2 Å². The molecular formula is C19H16F3N6O2+. The van der Waals surface area contributed by atoms with E-state index >= 15 is 0 Å². The molecule has 0 spiro atoms. The van der Waals surface area contributed by atoms with Gasteiger partial charge in [0, 0.05) is 24.0 Å². The minimum absolute atomic E-state index is 0.0767. The molecule has 154 valence electrons. The van der Waals surface area contributed by atoms with Crippen molar-refractivity contribution >= 4 is 16.9 Å². The van der Waals surface area contributed by atoms with Crippen LogP contribution in [0.15, 0.2) is 35.0 Å². The van der Waals surface area contributed by atoms with Crippen LogP contribution in [0.1, 0.15) is 46.1 Å². The van der Waals surface area contributed by atoms with Gasteiger partial charge in [0.15, 0.2) is 11.4 Å². The Morgan fingerprint density at radius 3 is 2.97 bits per heavy atom. The molecule has 1 aliphatic heterocycles. The van der Waals surface area contributed by atoms with Gasteiger partial charge in [-0.2, -0.15) is 18.6 Å². The molecule has 2 N–H and O–H groups in total. The average molecular weight is 417 g/mol. The van der Waals surface area contributed by atoms with Crippen LogP contribution in [0.3, 0.4) is 0 Å². The third kappa shape index (κ3) is 2.77. The second kappa shape index (κ2) is 6.71. The second-order valence-corrected chi connectivity index (χ2v) is 7.02. The Morgan fingerprint density at radius 1 is 1.40 bits per heavy atom. The first kappa shape index (κ1) is 18.4. The number of nitrogens with one attached hydrogen (secondary N) is 2. The van der Waals surface area contributed by atoms with Crippen molar-refractivity contribution in [2.45, 2.75) is 18.9 Å². The van der Waals surface area contributed by atoms with Crippen LogP contribution in [-0.2, 0) is 13.5 Å². The number of H-pyrrole nitrogens is 2. The highest BCUT2D eigenvalue weighted by molar-refractivity contribution is 5.90. The monoisotopic (exact) mass is 417 g/mol. The number of fused-ring (bicyclic) bond motifs is 2. The van der Waals surface area contributed by atoms with Gasteiger partial charge >= 0.3 is 24.0 Å². The number of furan rings is 1. The van der Waals surface area contributed by atoms with Crippen LogP contribution < -0.4 is 4.68 Å². The zero-order valence-electron chi connectivity index (χ0n) is 15.7. The van der Waals surface area contributed by atoms with Gasteiger partial charge in [0.1, 0.15) is 18.8 Å². The Hall–Kier alpha value is -3.63. The summed E-state index contributed by atoms with van der Waals surface area (Å²) in [4.78, 5) is 25.9. The maximum atomic E-state index is 14.2. The predicted octanol–water partition coefficient (Wildman–Crippen LogP) is 2.57. The van der Waals surface area contributed by atoms with E-state index in [-0.39, 0.29) is 18.0 Å². The van der Waals surface area contributed by atoms with Gasteiger partial charge in [0.2, 0.25) is 0 Å². The molecule has 5 rings (SSSR count). The van der Waals surface area contributed by atoms with E-state index in [9.17, 15) is 18.0 Å². The summed E-state index contributed by atoms with van der Waals surface area (Å²) in [6.45, 7) is 0.273. The van der Waals surface area contributed by atoms with E-state index in [0.29, 0.717) is 23.3 Å². The average Bonchev–Trinajstić information content (AvgIpc) is 3.44. The van der Waals surface area contributed by atoms with Crippen molar-refractivity contribution in [3.63, 3.8) is 0 Å². The van der Waals surface area contributed by atoms with Crippen LogP contribution in [0.25, 0.3) is 11.0 Å². The van der Waals surface area contributed by atoms with E-state index in [2.05, 4.69) is 20.1 Å². The molecule has 0 fully saturated rings. The fraction of sp³-hybridized carbons (Fsp3) is 0.263. The van der Waals surface area contributed by atoms with Crippen molar-refractivity contribution in [1.29, 1.82) is 0 Å². The fourth-order valence-corrected chi connectivity index (χ4v) is 3.82. The summed E-state index contributed by atoms with van der Waals surface area (Å²) in [5.41, 5.74) is 1.46. The van der Waals surface area contributed by atoms with Crippen LogP contribution in [0.2, 0.25) is 0 Å². The van der Waals surface area contributed by atoms with Crippen LogP contribution >= 0.6 is 0 Å². The number of aromatic amines is 2. The number of imidazole rings is 1. The molecule has 0 bridgehead atoms. The lowest BCUT2D eigenvalue weighted by atomic mass is 10.00. The minimum Gasteiger partial charge on any atom is -0.455 e. The zero-order chi connectivity index (χ0) is 21.0. The Balaban J connectivity index is 1.62. The maximum Gasteiger partial charge on any atom is 0.409 e. The Kier molecular flexibility index (Phi) is 4.12. The molecule has 1 aromatic carbocycles. The fourth-order valence-electron chi connectivity index (χ4n) is 3.82. The number of hydrogen-bond donors (Lipinski definition) is 2. The first-order chi connectivity index (χ1) is 14.4. The van der Waals surface area contributed by atoms with Crippen molar-refractivity contribution < 1.29 is 27.1 Å². The Bertz CT molecular complexity index is 1260. The van der Waals surface area contributed by atoms with E-state index in [4.69, 9.17) is 4.42 Å². The molecule has 1 amide bonds. The first-order valence-electron chi connectivity index (χ1n) is 9.19. The highest BCUT2D eigenvalue weighted by Crippen LogP contribution is 2.37. The zero-order valence-corrected chi connectivity index (χ0v) is 15.7. The molecule has 11 heteroatoms. The summed E-state index contributed by atoms with van der Waals surface area (Å²) < 4.78 is 47.1. The van der Waals surface area contributed by atoms with Gasteiger partial charge in [-0.05, 0) is 17.1 Å². The lowest BCUT2D eigenvalue weighted by Crippen LogP contribution is -2.47. The second-order valence-electron chi connectivity index (χ2n) is 7.02. The van der Waals surface area contributed by atoms with Gasteiger partial charge in [-0.1, -0.05) is 12.1 Å². The van der Waals surface area contributed by atoms with Crippen LogP contribution in [0.5, 0.6) is 0 Å². The molecule has 0 saturated carbocycles. The molecule has 8 nitrogen and oxygen atoms in total. The molecule has 0 aliphatic carbocycles. The smallest absolute Gasteiger partial charge is 0.409 e. The predicted molar refractivity (Wildman–Crippen MR) is 96.1 cm³/mol. The van der Waals surface area contributed by atoms with Gasteiger partial charge in [0.25, 0.3) is 0 Å². The highest BCUT2D eigenvalue weighted by atomic mass is 19.3. The van der Waals surface area contributed by atoms with E-state index in [1.807, 2.05) is 0 Å². The van der Waals surface area contributed by atoms with E-state index in [1.54, 1.807) is 18.2 Å². The lowest BCUT2D eigenvalue weighted by Gasteiger charge is -2.32. The molecule has 4 heterocycles. The van der Waals surface area contributed by atoms with Crippen LogP contribution in [-0.4, -0.2) is 37.4 Å². The van der Waals surface area contributed by atoms with Gasteiger partial charge in [-0.15, -0.1) is 0 Å². The largest absolute Gasteiger partial charge is 0.455 e.